The number of rotatable bonds is 7. The third-order valence-corrected chi connectivity index (χ3v) is 6.77. The molecule has 5 rings (SSSR count). The van der Waals surface area contributed by atoms with Crippen LogP contribution < -0.4 is 15.8 Å². The van der Waals surface area contributed by atoms with Crippen LogP contribution in [0.15, 0.2) is 28.6 Å². The van der Waals surface area contributed by atoms with Gasteiger partial charge in [-0.3, -0.25) is 14.2 Å². The lowest BCUT2D eigenvalue weighted by Crippen LogP contribution is -2.58. The molecule has 2 N–H and O–H groups in total. The van der Waals surface area contributed by atoms with Crippen molar-refractivity contribution in [2.75, 3.05) is 31.2 Å². The summed E-state index contributed by atoms with van der Waals surface area (Å²) in [6.07, 6.45) is 6.43. The highest BCUT2D eigenvalue weighted by atomic mass is 32.1. The van der Waals surface area contributed by atoms with Crippen LogP contribution in [0.3, 0.4) is 0 Å². The number of carboxylic acids is 1. The minimum Gasteiger partial charge on any atom is -0.477 e. The lowest BCUT2D eigenvalue weighted by atomic mass is 10.1. The van der Waals surface area contributed by atoms with Crippen LogP contribution in [-0.2, 0) is 9.57 Å². The van der Waals surface area contributed by atoms with E-state index in [0.29, 0.717) is 41.4 Å². The van der Waals surface area contributed by atoms with Crippen molar-refractivity contribution in [1.29, 1.82) is 0 Å². The summed E-state index contributed by atoms with van der Waals surface area (Å²) in [6, 6.07) is 2.00. The topological polar surface area (TPSA) is 119 Å². The average molecular weight is 472 g/mol. The number of ether oxygens (including phenoxy) is 1. The monoisotopic (exact) mass is 471 g/mol. The zero-order valence-electron chi connectivity index (χ0n) is 18.2. The molecule has 10 nitrogen and oxygen atoms in total. The fourth-order valence-electron chi connectivity index (χ4n) is 4.21. The van der Waals surface area contributed by atoms with Crippen molar-refractivity contribution >= 4 is 34.2 Å². The maximum absolute atomic E-state index is 12.9. The molecule has 0 aliphatic carbocycles. The molecular weight excluding hydrogens is 446 g/mol. The molecule has 11 heteroatoms. The standard InChI is InChI=1S/C22H25N5O5S/c1-13-8-17(26-9-14(10-26)25-32-12-15-4-2-3-6-31-15)24-20-18(13)19(28)16(21(29)30)11-27(20)22-23-5-7-33-22/h5,7-8,11,14-15,25H,2-4,6,9-10,12H2,1H3,(H,29,30). The van der Waals surface area contributed by atoms with Gasteiger partial charge in [-0.2, -0.15) is 5.48 Å². The fourth-order valence-corrected chi connectivity index (χ4v) is 4.83. The molecule has 2 saturated heterocycles. The van der Waals surface area contributed by atoms with Gasteiger partial charge in [0.1, 0.15) is 11.4 Å². The first-order valence-corrected chi connectivity index (χ1v) is 11.8. The lowest BCUT2D eigenvalue weighted by Gasteiger charge is -2.40. The Kier molecular flexibility index (Phi) is 6.11. The summed E-state index contributed by atoms with van der Waals surface area (Å²) in [5.41, 5.74) is 3.34. The minimum absolute atomic E-state index is 0.158. The maximum Gasteiger partial charge on any atom is 0.341 e. The number of thiazole rings is 1. The van der Waals surface area contributed by atoms with Crippen LogP contribution in [0, 0.1) is 6.92 Å². The Morgan fingerprint density at radius 2 is 2.24 bits per heavy atom. The second kappa shape index (κ2) is 9.18. The Morgan fingerprint density at radius 3 is 2.94 bits per heavy atom. The zero-order chi connectivity index (χ0) is 22.9. The van der Waals surface area contributed by atoms with Gasteiger partial charge < -0.3 is 14.7 Å². The van der Waals surface area contributed by atoms with Gasteiger partial charge in [-0.05, 0) is 37.8 Å². The molecular formula is C22H25N5O5S. The van der Waals surface area contributed by atoms with Gasteiger partial charge in [0.05, 0.1) is 24.1 Å². The number of hydrogen-bond donors (Lipinski definition) is 2. The number of carbonyl (C=O) groups is 1. The van der Waals surface area contributed by atoms with Crippen molar-refractivity contribution in [2.24, 2.45) is 0 Å². The average Bonchev–Trinajstić information content (AvgIpc) is 3.30. The number of pyridine rings is 2. The number of anilines is 1. The molecule has 0 amide bonds. The molecule has 0 radical (unpaired) electrons. The summed E-state index contributed by atoms with van der Waals surface area (Å²) >= 11 is 1.34. The summed E-state index contributed by atoms with van der Waals surface area (Å²) in [5, 5.41) is 12.2. The van der Waals surface area contributed by atoms with Gasteiger partial charge in [0.15, 0.2) is 10.8 Å². The third kappa shape index (κ3) is 4.36. The van der Waals surface area contributed by atoms with Crippen LogP contribution in [0.4, 0.5) is 5.82 Å². The number of aromatic nitrogens is 3. The predicted molar refractivity (Wildman–Crippen MR) is 123 cm³/mol. The van der Waals surface area contributed by atoms with Gasteiger partial charge in [0.25, 0.3) is 0 Å². The van der Waals surface area contributed by atoms with Crippen LogP contribution in [0.5, 0.6) is 0 Å². The second-order valence-corrected chi connectivity index (χ2v) is 9.25. The molecule has 0 saturated carbocycles. The zero-order valence-corrected chi connectivity index (χ0v) is 19.0. The smallest absolute Gasteiger partial charge is 0.341 e. The lowest BCUT2D eigenvalue weighted by molar-refractivity contribution is -0.0799. The van der Waals surface area contributed by atoms with E-state index in [1.54, 1.807) is 23.1 Å². The molecule has 2 aliphatic rings. The summed E-state index contributed by atoms with van der Waals surface area (Å²) in [5.74, 6) is -0.549. The molecule has 0 bridgehead atoms. The highest BCUT2D eigenvalue weighted by Gasteiger charge is 2.30. The van der Waals surface area contributed by atoms with E-state index in [-0.39, 0.29) is 17.7 Å². The second-order valence-electron chi connectivity index (χ2n) is 8.38. The summed E-state index contributed by atoms with van der Waals surface area (Å²) in [4.78, 5) is 41.3. The number of aromatic carboxylic acids is 1. The van der Waals surface area contributed by atoms with E-state index in [1.165, 1.54) is 24.0 Å². The van der Waals surface area contributed by atoms with Crippen LogP contribution in [0.1, 0.15) is 35.2 Å². The van der Waals surface area contributed by atoms with Crippen molar-refractivity contribution < 1.29 is 19.5 Å². The van der Waals surface area contributed by atoms with Crippen molar-refractivity contribution in [1.82, 2.24) is 20.0 Å². The Balaban J connectivity index is 1.36. The minimum atomic E-state index is -1.27. The highest BCUT2D eigenvalue weighted by Crippen LogP contribution is 2.26. The summed E-state index contributed by atoms with van der Waals surface area (Å²) in [6.45, 7) is 4.56. The first-order chi connectivity index (χ1) is 16.0. The van der Waals surface area contributed by atoms with E-state index in [0.717, 1.165) is 25.3 Å². The van der Waals surface area contributed by atoms with E-state index >= 15 is 0 Å². The van der Waals surface area contributed by atoms with Crippen molar-refractivity contribution in [3.05, 3.63) is 45.2 Å². The van der Waals surface area contributed by atoms with Gasteiger partial charge in [-0.15, -0.1) is 11.3 Å². The van der Waals surface area contributed by atoms with Crippen LogP contribution in [0.25, 0.3) is 16.2 Å². The SMILES string of the molecule is Cc1cc(N2CC(NOCC3CCCCO3)C2)nc2c1c(=O)c(C(=O)O)cn2-c1nccs1. The van der Waals surface area contributed by atoms with Gasteiger partial charge in [-0.25, -0.2) is 14.8 Å². The van der Waals surface area contributed by atoms with Crippen LogP contribution in [0.2, 0.25) is 0 Å². The number of aryl methyl sites for hydroxylation is 1. The molecule has 1 atom stereocenters. The summed E-state index contributed by atoms with van der Waals surface area (Å²) in [7, 11) is 0. The van der Waals surface area contributed by atoms with Gasteiger partial charge in [-0.1, -0.05) is 0 Å². The van der Waals surface area contributed by atoms with Gasteiger partial charge in [0.2, 0.25) is 5.43 Å². The first kappa shape index (κ1) is 22.0. The molecule has 0 spiro atoms. The Hall–Kier alpha value is -2.86. The van der Waals surface area contributed by atoms with E-state index in [9.17, 15) is 14.7 Å². The van der Waals surface area contributed by atoms with E-state index in [1.807, 2.05) is 6.07 Å². The molecule has 2 fully saturated rings. The molecule has 1 unspecified atom stereocenters. The Bertz CT molecular complexity index is 1220. The number of carboxylic acid groups (broad SMARTS) is 1. The molecule has 3 aromatic heterocycles. The Morgan fingerprint density at radius 1 is 1.39 bits per heavy atom. The number of nitrogens with one attached hydrogen (secondary N) is 1. The predicted octanol–water partition coefficient (Wildman–Crippen LogP) is 2.13. The number of nitrogens with zero attached hydrogens (tertiary/aromatic N) is 4. The van der Waals surface area contributed by atoms with Crippen molar-refractivity contribution in [3.63, 3.8) is 0 Å². The normalized spacial score (nSPS) is 19.1. The fraction of sp³-hybridized carbons (Fsp3) is 0.455. The van der Waals surface area contributed by atoms with Crippen molar-refractivity contribution in [3.8, 4) is 5.13 Å². The Labute approximate surface area is 193 Å². The van der Waals surface area contributed by atoms with E-state index in [4.69, 9.17) is 14.6 Å². The molecule has 5 heterocycles. The maximum atomic E-state index is 12.9. The molecule has 174 valence electrons. The van der Waals surface area contributed by atoms with Crippen LogP contribution in [-0.4, -0.2) is 64.1 Å². The van der Waals surface area contributed by atoms with Crippen LogP contribution >= 0.6 is 11.3 Å². The van der Waals surface area contributed by atoms with Gasteiger partial charge in [0, 0.05) is 37.5 Å². The molecule has 2 aliphatic heterocycles. The molecule has 3 aromatic rings. The summed E-state index contributed by atoms with van der Waals surface area (Å²) < 4.78 is 7.26. The molecule has 33 heavy (non-hydrogen) atoms. The van der Waals surface area contributed by atoms with Gasteiger partial charge >= 0.3 is 5.97 Å². The first-order valence-electron chi connectivity index (χ1n) is 11.0. The largest absolute Gasteiger partial charge is 0.477 e. The van der Waals surface area contributed by atoms with E-state index < -0.39 is 11.4 Å². The quantitative estimate of drug-likeness (QED) is 0.500. The molecule has 0 aromatic carbocycles. The van der Waals surface area contributed by atoms with E-state index in [2.05, 4.69) is 15.4 Å². The highest BCUT2D eigenvalue weighted by molar-refractivity contribution is 7.12. The number of hydroxylamine groups is 1. The third-order valence-electron chi connectivity index (χ3n) is 6.00. The number of fused-ring (bicyclic) bond motifs is 1. The van der Waals surface area contributed by atoms with Crippen molar-refractivity contribution in [2.45, 2.75) is 38.3 Å². The number of hydrogen-bond acceptors (Lipinski definition) is 9.